The van der Waals surface area contributed by atoms with Crippen molar-refractivity contribution >= 4 is 0 Å². The van der Waals surface area contributed by atoms with E-state index < -0.39 is 5.54 Å². The summed E-state index contributed by atoms with van der Waals surface area (Å²) >= 11 is 0. The van der Waals surface area contributed by atoms with Gasteiger partial charge >= 0.3 is 0 Å². The van der Waals surface area contributed by atoms with E-state index in [1.165, 1.54) is 5.56 Å². The van der Waals surface area contributed by atoms with E-state index in [-0.39, 0.29) is 0 Å². The van der Waals surface area contributed by atoms with Gasteiger partial charge in [0.1, 0.15) is 5.82 Å². The van der Waals surface area contributed by atoms with E-state index in [0.717, 1.165) is 17.0 Å². The van der Waals surface area contributed by atoms with Crippen LogP contribution >= 0.6 is 0 Å². The van der Waals surface area contributed by atoms with Gasteiger partial charge in [0.05, 0.1) is 11.2 Å². The van der Waals surface area contributed by atoms with Crippen molar-refractivity contribution < 1.29 is 0 Å². The van der Waals surface area contributed by atoms with Gasteiger partial charge in [0, 0.05) is 11.3 Å². The van der Waals surface area contributed by atoms with E-state index in [2.05, 4.69) is 48.1 Å². The number of nitrogens with two attached hydrogens (primary N) is 1. The number of aryl methyl sites for hydroxylation is 1. The van der Waals surface area contributed by atoms with Crippen LogP contribution in [0, 0.1) is 6.92 Å². The lowest BCUT2D eigenvalue weighted by Gasteiger charge is -2.18. The molecule has 0 saturated carbocycles. The van der Waals surface area contributed by atoms with Crippen LogP contribution in [0.3, 0.4) is 0 Å². The van der Waals surface area contributed by atoms with E-state index in [1.54, 1.807) is 0 Å². The van der Waals surface area contributed by atoms with E-state index >= 15 is 0 Å². The summed E-state index contributed by atoms with van der Waals surface area (Å²) in [7, 11) is 0. The lowest BCUT2D eigenvalue weighted by molar-refractivity contribution is 0.512. The molecule has 1 aromatic carbocycles. The van der Waals surface area contributed by atoms with Crippen molar-refractivity contribution in [2.24, 2.45) is 5.73 Å². The van der Waals surface area contributed by atoms with Gasteiger partial charge in [-0.1, -0.05) is 38.1 Å². The molecule has 20 heavy (non-hydrogen) atoms. The highest BCUT2D eigenvalue weighted by atomic mass is 15.0. The molecule has 2 aromatic rings. The second kappa shape index (κ2) is 5.33. The fourth-order valence-electron chi connectivity index (χ4n) is 2.04. The fourth-order valence-corrected chi connectivity index (χ4v) is 2.04. The maximum absolute atomic E-state index is 6.11. The molecule has 0 radical (unpaired) electrons. The second-order valence-electron chi connectivity index (χ2n) is 6.22. The molecule has 106 valence electrons. The van der Waals surface area contributed by atoms with Crippen LogP contribution in [0.2, 0.25) is 0 Å². The third kappa shape index (κ3) is 3.23. The molecule has 0 bridgehead atoms. The Balaban J connectivity index is 2.44. The average molecular weight is 269 g/mol. The molecule has 3 nitrogen and oxygen atoms in total. The molecule has 0 atom stereocenters. The molecule has 2 N–H and O–H groups in total. The highest BCUT2D eigenvalue weighted by molar-refractivity contribution is 5.60. The van der Waals surface area contributed by atoms with Gasteiger partial charge in [0.15, 0.2) is 0 Å². The predicted octanol–water partition coefficient (Wildman–Crippen LogP) is 3.77. The standard InChI is InChI=1S/C17H23N3/c1-11(2)13-6-8-14(9-7-13)15-10-12(3)19-16(20-15)17(4,5)18/h6-11H,18H2,1-5H3. The highest BCUT2D eigenvalue weighted by Crippen LogP contribution is 2.23. The summed E-state index contributed by atoms with van der Waals surface area (Å²) in [6.07, 6.45) is 0. The Labute approximate surface area is 121 Å². The van der Waals surface area contributed by atoms with Gasteiger partial charge in [-0.3, -0.25) is 0 Å². The van der Waals surface area contributed by atoms with Crippen LogP contribution in [0.25, 0.3) is 11.3 Å². The smallest absolute Gasteiger partial charge is 0.148 e. The Bertz CT molecular complexity index is 593. The number of hydrogen-bond donors (Lipinski definition) is 1. The molecule has 3 heteroatoms. The van der Waals surface area contributed by atoms with E-state index in [0.29, 0.717) is 11.7 Å². The number of nitrogens with zero attached hydrogens (tertiary/aromatic N) is 2. The first-order chi connectivity index (χ1) is 9.27. The number of aromatic nitrogens is 2. The molecule has 0 aliphatic heterocycles. The Morgan fingerprint density at radius 1 is 1.05 bits per heavy atom. The van der Waals surface area contributed by atoms with Crippen LogP contribution in [0.1, 0.15) is 50.7 Å². The van der Waals surface area contributed by atoms with Crippen molar-refractivity contribution in [1.82, 2.24) is 9.97 Å². The average Bonchev–Trinajstić information content (AvgIpc) is 2.37. The zero-order valence-corrected chi connectivity index (χ0v) is 12.9. The third-order valence-electron chi connectivity index (χ3n) is 3.30. The monoisotopic (exact) mass is 269 g/mol. The summed E-state index contributed by atoms with van der Waals surface area (Å²) in [5.74, 6) is 1.22. The molecule has 0 aliphatic rings. The van der Waals surface area contributed by atoms with Crippen molar-refractivity contribution in [3.63, 3.8) is 0 Å². The van der Waals surface area contributed by atoms with Crippen LogP contribution in [0.15, 0.2) is 30.3 Å². The van der Waals surface area contributed by atoms with Crippen molar-refractivity contribution in [3.05, 3.63) is 47.4 Å². The SMILES string of the molecule is Cc1cc(-c2ccc(C(C)C)cc2)nc(C(C)(C)N)n1. The molecule has 0 saturated heterocycles. The summed E-state index contributed by atoms with van der Waals surface area (Å²) in [5, 5.41) is 0. The van der Waals surface area contributed by atoms with Gasteiger partial charge in [-0.2, -0.15) is 0 Å². The highest BCUT2D eigenvalue weighted by Gasteiger charge is 2.19. The summed E-state index contributed by atoms with van der Waals surface area (Å²) < 4.78 is 0. The molecule has 0 fully saturated rings. The largest absolute Gasteiger partial charge is 0.319 e. The van der Waals surface area contributed by atoms with E-state index in [4.69, 9.17) is 5.73 Å². The maximum atomic E-state index is 6.11. The molecule has 1 aromatic heterocycles. The molecular formula is C17H23N3. The van der Waals surface area contributed by atoms with E-state index in [1.807, 2.05) is 26.8 Å². The second-order valence-corrected chi connectivity index (χ2v) is 6.22. The van der Waals surface area contributed by atoms with Crippen LogP contribution in [-0.4, -0.2) is 9.97 Å². The summed E-state index contributed by atoms with van der Waals surface area (Å²) in [5.41, 5.74) is 9.89. The molecular weight excluding hydrogens is 246 g/mol. The maximum Gasteiger partial charge on any atom is 0.148 e. The van der Waals surface area contributed by atoms with Gasteiger partial charge in [0.2, 0.25) is 0 Å². The van der Waals surface area contributed by atoms with Gasteiger partial charge in [-0.15, -0.1) is 0 Å². The molecule has 0 aliphatic carbocycles. The van der Waals surface area contributed by atoms with E-state index in [9.17, 15) is 0 Å². The Morgan fingerprint density at radius 2 is 1.65 bits per heavy atom. The van der Waals surface area contributed by atoms with Crippen molar-refractivity contribution in [3.8, 4) is 11.3 Å². The van der Waals surface area contributed by atoms with Gasteiger partial charge in [0.25, 0.3) is 0 Å². The van der Waals surface area contributed by atoms with Crippen molar-refractivity contribution in [1.29, 1.82) is 0 Å². The molecule has 0 unspecified atom stereocenters. The van der Waals surface area contributed by atoms with Crippen LogP contribution in [0.4, 0.5) is 0 Å². The Hall–Kier alpha value is -1.74. The van der Waals surface area contributed by atoms with Crippen LogP contribution < -0.4 is 5.73 Å². The number of hydrogen-bond acceptors (Lipinski definition) is 3. The Kier molecular flexibility index (Phi) is 3.91. The van der Waals surface area contributed by atoms with Crippen LogP contribution in [-0.2, 0) is 5.54 Å². The fraction of sp³-hybridized carbons (Fsp3) is 0.412. The predicted molar refractivity (Wildman–Crippen MR) is 83.5 cm³/mol. The van der Waals surface area contributed by atoms with Gasteiger partial charge in [-0.25, -0.2) is 9.97 Å². The summed E-state index contributed by atoms with van der Waals surface area (Å²) in [6.45, 7) is 10.2. The minimum atomic E-state index is -0.529. The van der Waals surface area contributed by atoms with Gasteiger partial charge in [-0.05, 0) is 38.3 Å². The Morgan fingerprint density at radius 3 is 2.15 bits per heavy atom. The first kappa shape index (κ1) is 14.7. The normalized spacial score (nSPS) is 11.9. The minimum absolute atomic E-state index is 0.529. The first-order valence-corrected chi connectivity index (χ1v) is 7.03. The zero-order valence-electron chi connectivity index (χ0n) is 12.9. The first-order valence-electron chi connectivity index (χ1n) is 7.03. The molecule has 0 amide bonds. The quantitative estimate of drug-likeness (QED) is 0.922. The lowest BCUT2D eigenvalue weighted by atomic mass is 10.00. The van der Waals surface area contributed by atoms with Crippen molar-refractivity contribution in [2.75, 3.05) is 0 Å². The number of benzene rings is 1. The molecule has 2 rings (SSSR count). The van der Waals surface area contributed by atoms with Crippen molar-refractivity contribution in [2.45, 2.75) is 46.1 Å². The summed E-state index contributed by atoms with van der Waals surface area (Å²) in [4.78, 5) is 9.05. The third-order valence-corrected chi connectivity index (χ3v) is 3.30. The van der Waals surface area contributed by atoms with Crippen LogP contribution in [0.5, 0.6) is 0 Å². The number of rotatable bonds is 3. The molecule has 1 heterocycles. The summed E-state index contributed by atoms with van der Waals surface area (Å²) in [6, 6.07) is 10.5. The minimum Gasteiger partial charge on any atom is -0.319 e. The zero-order chi connectivity index (χ0) is 14.9. The van der Waals surface area contributed by atoms with Gasteiger partial charge < -0.3 is 5.73 Å². The topological polar surface area (TPSA) is 51.8 Å². The lowest BCUT2D eigenvalue weighted by Crippen LogP contribution is -2.31. The molecule has 0 spiro atoms.